The Morgan fingerprint density at radius 2 is 1.86 bits per heavy atom. The molecule has 1 aromatic heterocycles. The van der Waals surface area contributed by atoms with Gasteiger partial charge in [-0.25, -0.2) is 0 Å². The maximum absolute atomic E-state index is 13.5. The predicted octanol–water partition coefficient (Wildman–Crippen LogP) is 2.85. The number of nitrogens with zero attached hydrogens (tertiary/aromatic N) is 5. The van der Waals surface area contributed by atoms with Gasteiger partial charge in [-0.1, -0.05) is 48.7 Å². The molecule has 1 fully saturated rings. The van der Waals surface area contributed by atoms with Crippen LogP contribution in [0.5, 0.6) is 11.5 Å². The second-order valence-corrected chi connectivity index (χ2v) is 9.38. The van der Waals surface area contributed by atoms with Crippen molar-refractivity contribution in [2.45, 2.75) is 64.7 Å². The van der Waals surface area contributed by atoms with Gasteiger partial charge in [0.2, 0.25) is 24.4 Å². The molecule has 36 heavy (non-hydrogen) atoms. The highest BCUT2D eigenvalue weighted by molar-refractivity contribution is 5.87. The Bertz CT molecular complexity index is 1240. The molecule has 1 saturated carbocycles. The van der Waals surface area contributed by atoms with Gasteiger partial charge in [-0.15, -0.1) is 10.2 Å². The number of amides is 2. The van der Waals surface area contributed by atoms with Gasteiger partial charge < -0.3 is 19.7 Å². The van der Waals surface area contributed by atoms with Crippen molar-refractivity contribution in [3.8, 4) is 22.9 Å². The first-order chi connectivity index (χ1) is 17.5. The van der Waals surface area contributed by atoms with Crippen molar-refractivity contribution in [2.24, 2.45) is 0 Å². The normalized spacial score (nSPS) is 15.6. The van der Waals surface area contributed by atoms with Gasteiger partial charge in [-0.2, -0.15) is 4.80 Å². The molecule has 2 heterocycles. The Labute approximate surface area is 209 Å². The second kappa shape index (κ2) is 10.3. The molecule has 0 spiro atoms. The lowest BCUT2D eigenvalue weighted by Crippen LogP contribution is -2.50. The van der Waals surface area contributed by atoms with Gasteiger partial charge in [0.15, 0.2) is 11.5 Å². The number of hydrogen-bond acceptors (Lipinski definition) is 7. The molecule has 188 valence electrons. The molecule has 2 aromatic carbocycles. The first-order valence-electron chi connectivity index (χ1n) is 12.3. The number of carbonyl (C=O) groups excluding carboxylic acids is 2. The molecule has 1 aliphatic heterocycles. The third kappa shape index (κ3) is 5.32. The summed E-state index contributed by atoms with van der Waals surface area (Å²) in [5.41, 5.74) is 2.78. The number of benzene rings is 2. The maximum atomic E-state index is 13.5. The van der Waals surface area contributed by atoms with Crippen LogP contribution >= 0.6 is 0 Å². The summed E-state index contributed by atoms with van der Waals surface area (Å²) in [6.07, 6.45) is 4.17. The van der Waals surface area contributed by atoms with Gasteiger partial charge in [0.25, 0.3) is 0 Å². The Morgan fingerprint density at radius 3 is 2.64 bits per heavy atom. The van der Waals surface area contributed by atoms with Crippen molar-refractivity contribution >= 4 is 11.8 Å². The molecule has 0 bridgehead atoms. The first kappa shape index (κ1) is 23.8. The molecule has 2 aliphatic rings. The zero-order valence-electron chi connectivity index (χ0n) is 20.5. The molecule has 1 aliphatic carbocycles. The fraction of sp³-hybridized carbons (Fsp3) is 0.423. The first-order valence-corrected chi connectivity index (χ1v) is 12.3. The third-order valence-corrected chi connectivity index (χ3v) is 6.70. The van der Waals surface area contributed by atoms with Crippen LogP contribution < -0.4 is 14.8 Å². The lowest BCUT2D eigenvalue weighted by atomic mass is 10.1. The van der Waals surface area contributed by atoms with E-state index >= 15 is 0 Å². The predicted molar refractivity (Wildman–Crippen MR) is 131 cm³/mol. The van der Waals surface area contributed by atoms with Gasteiger partial charge in [-0.05, 0) is 49.6 Å². The van der Waals surface area contributed by atoms with Crippen LogP contribution in [0.2, 0.25) is 0 Å². The molecule has 1 N–H and O–H groups in total. The van der Waals surface area contributed by atoms with Crippen molar-refractivity contribution in [1.29, 1.82) is 0 Å². The summed E-state index contributed by atoms with van der Waals surface area (Å²) in [7, 11) is 0. The number of fused-ring (bicyclic) bond motifs is 1. The standard InChI is InChI=1S/C26H30N6O4/c1-17-7-10-20(11-8-17)25-28-30-32(29-25)15-24(33)31(18(2)26(34)27-21-5-3-4-6-21)14-19-9-12-22-23(13-19)36-16-35-22/h7-13,18,21H,3-6,14-16H2,1-2H3,(H,27,34)/t18-/m0/s1. The van der Waals surface area contributed by atoms with Crippen molar-refractivity contribution in [1.82, 2.24) is 30.4 Å². The number of nitrogens with one attached hydrogen (secondary N) is 1. The van der Waals surface area contributed by atoms with Crippen molar-refractivity contribution in [2.75, 3.05) is 6.79 Å². The molecule has 2 amide bonds. The summed E-state index contributed by atoms with van der Waals surface area (Å²) in [6, 6.07) is 12.8. The van der Waals surface area contributed by atoms with Gasteiger partial charge in [0.05, 0.1) is 0 Å². The molecule has 5 rings (SSSR count). The number of hydrogen-bond donors (Lipinski definition) is 1. The van der Waals surface area contributed by atoms with Crippen LogP contribution in [0.1, 0.15) is 43.7 Å². The van der Waals surface area contributed by atoms with Gasteiger partial charge in [0.1, 0.15) is 12.6 Å². The van der Waals surface area contributed by atoms with E-state index in [4.69, 9.17) is 9.47 Å². The van der Waals surface area contributed by atoms with E-state index < -0.39 is 6.04 Å². The molecule has 0 saturated heterocycles. The highest BCUT2D eigenvalue weighted by Crippen LogP contribution is 2.33. The lowest BCUT2D eigenvalue weighted by molar-refractivity contribution is -0.141. The Hall–Kier alpha value is -3.95. The average Bonchev–Trinajstić information content (AvgIpc) is 3.64. The summed E-state index contributed by atoms with van der Waals surface area (Å²) in [5, 5.41) is 15.7. The minimum atomic E-state index is -0.677. The second-order valence-electron chi connectivity index (χ2n) is 9.38. The highest BCUT2D eigenvalue weighted by Gasteiger charge is 2.29. The molecule has 10 nitrogen and oxygen atoms in total. The van der Waals surface area contributed by atoms with E-state index in [0.29, 0.717) is 17.3 Å². The van der Waals surface area contributed by atoms with E-state index in [9.17, 15) is 9.59 Å². The van der Waals surface area contributed by atoms with Gasteiger partial charge >= 0.3 is 0 Å². The molecule has 10 heteroatoms. The number of ether oxygens (including phenoxy) is 2. The van der Waals surface area contributed by atoms with E-state index in [0.717, 1.165) is 42.4 Å². The number of aromatic nitrogens is 4. The lowest BCUT2D eigenvalue weighted by Gasteiger charge is -2.29. The molecule has 3 aromatic rings. The average molecular weight is 491 g/mol. The minimum absolute atomic E-state index is 0.134. The van der Waals surface area contributed by atoms with E-state index in [1.807, 2.05) is 49.4 Å². The fourth-order valence-electron chi connectivity index (χ4n) is 4.55. The zero-order chi connectivity index (χ0) is 25.1. The highest BCUT2D eigenvalue weighted by atomic mass is 16.7. The summed E-state index contributed by atoms with van der Waals surface area (Å²) in [5.74, 6) is 1.29. The quantitative estimate of drug-likeness (QED) is 0.517. The van der Waals surface area contributed by atoms with Crippen LogP contribution in [0, 0.1) is 6.92 Å². The Morgan fingerprint density at radius 1 is 1.11 bits per heavy atom. The molecule has 0 radical (unpaired) electrons. The molecule has 1 atom stereocenters. The fourth-order valence-corrected chi connectivity index (χ4v) is 4.55. The molecular formula is C26H30N6O4. The zero-order valence-corrected chi connectivity index (χ0v) is 20.5. The van der Waals surface area contributed by atoms with E-state index in [2.05, 4.69) is 20.7 Å². The summed E-state index contributed by atoms with van der Waals surface area (Å²) >= 11 is 0. The van der Waals surface area contributed by atoms with Crippen LogP contribution in [-0.2, 0) is 22.7 Å². The third-order valence-electron chi connectivity index (χ3n) is 6.70. The Balaban J connectivity index is 1.33. The van der Waals surface area contributed by atoms with Gasteiger partial charge in [-0.3, -0.25) is 9.59 Å². The summed E-state index contributed by atoms with van der Waals surface area (Å²) in [4.78, 5) is 29.4. The van der Waals surface area contributed by atoms with Crippen molar-refractivity contribution in [3.63, 3.8) is 0 Å². The minimum Gasteiger partial charge on any atom is -0.454 e. The van der Waals surface area contributed by atoms with Crippen LogP contribution in [0.25, 0.3) is 11.4 Å². The van der Waals surface area contributed by atoms with Crippen molar-refractivity contribution in [3.05, 3.63) is 53.6 Å². The van der Waals surface area contributed by atoms with E-state index in [1.165, 1.54) is 4.80 Å². The number of aryl methyl sites for hydroxylation is 1. The smallest absolute Gasteiger partial charge is 0.247 e. The number of tetrazole rings is 1. The van der Waals surface area contributed by atoms with Crippen LogP contribution in [0.15, 0.2) is 42.5 Å². The maximum Gasteiger partial charge on any atom is 0.247 e. The SMILES string of the molecule is Cc1ccc(-c2nnn(CC(=O)N(Cc3ccc4c(c3)OCO4)[C@@H](C)C(=O)NC3CCCC3)n2)cc1. The molecule has 0 unspecified atom stereocenters. The number of rotatable bonds is 8. The van der Waals surface area contributed by atoms with Crippen LogP contribution in [0.3, 0.4) is 0 Å². The van der Waals surface area contributed by atoms with E-state index in [-0.39, 0.29) is 37.7 Å². The molecular weight excluding hydrogens is 460 g/mol. The summed E-state index contributed by atoms with van der Waals surface area (Å²) in [6.45, 7) is 4.02. The van der Waals surface area contributed by atoms with Gasteiger partial charge in [0, 0.05) is 18.2 Å². The Kier molecular flexibility index (Phi) is 6.84. The van der Waals surface area contributed by atoms with E-state index in [1.54, 1.807) is 11.8 Å². The van der Waals surface area contributed by atoms with Crippen LogP contribution in [0.4, 0.5) is 0 Å². The largest absolute Gasteiger partial charge is 0.454 e. The van der Waals surface area contributed by atoms with Crippen molar-refractivity contribution < 1.29 is 19.1 Å². The van der Waals surface area contributed by atoms with Crippen LogP contribution in [-0.4, -0.2) is 55.8 Å². The number of carbonyl (C=O) groups is 2. The monoisotopic (exact) mass is 490 g/mol. The topological polar surface area (TPSA) is 111 Å². The summed E-state index contributed by atoms with van der Waals surface area (Å²) < 4.78 is 10.9.